The summed E-state index contributed by atoms with van der Waals surface area (Å²) < 4.78 is 16.9. The van der Waals surface area contributed by atoms with E-state index in [9.17, 15) is 14.4 Å². The molecule has 1 N–H and O–H groups in total. The van der Waals surface area contributed by atoms with Gasteiger partial charge in [0.25, 0.3) is 0 Å². The van der Waals surface area contributed by atoms with Crippen molar-refractivity contribution in [3.05, 3.63) is 71.8 Å². The van der Waals surface area contributed by atoms with Crippen molar-refractivity contribution < 1.29 is 28.6 Å². The van der Waals surface area contributed by atoms with Crippen LogP contribution in [0.1, 0.15) is 51.2 Å². The molecule has 0 aliphatic heterocycles. The third-order valence-corrected chi connectivity index (χ3v) is 7.62. The number of hydrogen-bond donors (Lipinski definition) is 1. The van der Waals surface area contributed by atoms with Gasteiger partial charge in [-0.25, -0.2) is 9.59 Å². The normalized spacial score (nSPS) is 27.0. The van der Waals surface area contributed by atoms with Gasteiger partial charge in [0.05, 0.1) is 5.92 Å². The van der Waals surface area contributed by atoms with Crippen LogP contribution in [-0.4, -0.2) is 29.2 Å². The van der Waals surface area contributed by atoms with Crippen molar-refractivity contribution in [2.45, 2.75) is 64.4 Å². The van der Waals surface area contributed by atoms with E-state index >= 15 is 0 Å². The van der Waals surface area contributed by atoms with Crippen LogP contribution in [0.4, 0.5) is 4.79 Å². The van der Waals surface area contributed by atoms with Gasteiger partial charge >= 0.3 is 18.0 Å². The third kappa shape index (κ3) is 4.71. The highest BCUT2D eigenvalue weighted by molar-refractivity contribution is 5.91. The first-order valence-electron chi connectivity index (χ1n) is 12.6. The first-order valence-corrected chi connectivity index (χ1v) is 12.6. The molecule has 3 saturated carbocycles. The Morgan fingerprint density at radius 1 is 0.861 bits per heavy atom. The SMILES string of the molecule is CC(C)(C)OC(=O)N[C@@]1(C(=O)OCc2ccccc2)CC2(CC2)[C@H]2[C@H](C(=O)OCc3ccccc3)[C@H]21. The van der Waals surface area contributed by atoms with Crippen molar-refractivity contribution in [1.82, 2.24) is 5.32 Å². The Balaban J connectivity index is 1.37. The maximum absolute atomic E-state index is 13.7. The molecular weight excluding hydrogens is 458 g/mol. The van der Waals surface area contributed by atoms with Crippen LogP contribution in [0.2, 0.25) is 0 Å². The summed E-state index contributed by atoms with van der Waals surface area (Å²) in [6, 6.07) is 18.9. The van der Waals surface area contributed by atoms with Crippen LogP contribution in [0.15, 0.2) is 60.7 Å². The summed E-state index contributed by atoms with van der Waals surface area (Å²) >= 11 is 0. The molecule has 5 rings (SSSR count). The molecule has 1 amide bonds. The molecule has 1 spiro atoms. The Morgan fingerprint density at radius 3 is 1.94 bits per heavy atom. The van der Waals surface area contributed by atoms with E-state index in [1.54, 1.807) is 20.8 Å². The second-order valence-corrected chi connectivity index (χ2v) is 11.4. The highest BCUT2D eigenvalue weighted by atomic mass is 16.6. The number of hydrogen-bond acceptors (Lipinski definition) is 6. The number of fused-ring (bicyclic) bond motifs is 2. The van der Waals surface area contributed by atoms with Gasteiger partial charge in [0, 0.05) is 5.92 Å². The average Bonchev–Trinajstić information content (AvgIpc) is 3.74. The molecule has 3 aliphatic carbocycles. The van der Waals surface area contributed by atoms with E-state index in [2.05, 4.69) is 5.32 Å². The number of ether oxygens (including phenoxy) is 3. The Kier molecular flexibility index (Phi) is 6.05. The summed E-state index contributed by atoms with van der Waals surface area (Å²) in [5.41, 5.74) is -0.454. The summed E-state index contributed by atoms with van der Waals surface area (Å²) in [5, 5.41) is 2.89. The maximum atomic E-state index is 13.7. The van der Waals surface area contributed by atoms with Crippen LogP contribution >= 0.6 is 0 Å². The minimum atomic E-state index is -1.32. The van der Waals surface area contributed by atoms with E-state index in [1.807, 2.05) is 60.7 Å². The molecule has 0 saturated heterocycles. The van der Waals surface area contributed by atoms with E-state index in [-0.39, 0.29) is 36.4 Å². The summed E-state index contributed by atoms with van der Waals surface area (Å²) in [7, 11) is 0. The first kappa shape index (κ1) is 24.3. The summed E-state index contributed by atoms with van der Waals surface area (Å²) in [4.78, 5) is 39.8. The Morgan fingerprint density at radius 2 is 1.42 bits per heavy atom. The number of rotatable bonds is 7. The number of alkyl carbamates (subject to hydrolysis) is 1. The zero-order valence-electron chi connectivity index (χ0n) is 21.0. The minimum Gasteiger partial charge on any atom is -0.461 e. The highest BCUT2D eigenvalue weighted by Gasteiger charge is 2.83. The number of benzene rings is 2. The predicted molar refractivity (Wildman–Crippen MR) is 131 cm³/mol. The van der Waals surface area contributed by atoms with Crippen molar-refractivity contribution >= 4 is 18.0 Å². The Labute approximate surface area is 211 Å². The van der Waals surface area contributed by atoms with Crippen LogP contribution in [0, 0.1) is 23.2 Å². The quantitative estimate of drug-likeness (QED) is 0.443. The van der Waals surface area contributed by atoms with Crippen LogP contribution in [0.5, 0.6) is 0 Å². The van der Waals surface area contributed by atoms with Crippen LogP contribution in [0.3, 0.4) is 0 Å². The lowest BCUT2D eigenvalue weighted by Gasteiger charge is -2.33. The average molecular weight is 492 g/mol. The number of carbonyl (C=O) groups excluding carboxylic acids is 3. The third-order valence-electron chi connectivity index (χ3n) is 7.62. The standard InChI is InChI=1S/C29H33NO6/c1-27(2,3)36-26(33)30-29(25(32)35-17-20-12-8-5-9-13-20)18-28(14-15-28)22-21(23(22)29)24(31)34-16-19-10-6-4-7-11-19/h4-13,21-23H,14-18H2,1-3H3,(H,30,33)/t21-,22-,23+,29-/m0/s1. The van der Waals surface area contributed by atoms with Gasteiger partial charge in [-0.05, 0) is 62.5 Å². The van der Waals surface area contributed by atoms with Gasteiger partial charge in [0.15, 0.2) is 0 Å². The maximum Gasteiger partial charge on any atom is 0.408 e. The largest absolute Gasteiger partial charge is 0.461 e. The minimum absolute atomic E-state index is 0.0139. The van der Waals surface area contributed by atoms with Crippen LogP contribution < -0.4 is 5.32 Å². The first-order chi connectivity index (χ1) is 17.1. The van der Waals surface area contributed by atoms with Crippen molar-refractivity contribution in [3.63, 3.8) is 0 Å². The molecule has 7 nitrogen and oxygen atoms in total. The molecule has 0 bridgehead atoms. The van der Waals surface area contributed by atoms with Crippen molar-refractivity contribution in [2.75, 3.05) is 0 Å². The van der Waals surface area contributed by atoms with Gasteiger partial charge in [-0.2, -0.15) is 0 Å². The molecule has 2 aromatic carbocycles. The topological polar surface area (TPSA) is 90.9 Å². The second-order valence-electron chi connectivity index (χ2n) is 11.4. The van der Waals surface area contributed by atoms with Gasteiger partial charge in [-0.15, -0.1) is 0 Å². The lowest BCUT2D eigenvalue weighted by Crippen LogP contribution is -2.58. The zero-order valence-corrected chi connectivity index (χ0v) is 21.0. The van der Waals surface area contributed by atoms with Crippen LogP contribution in [-0.2, 0) is 37.0 Å². The van der Waals surface area contributed by atoms with E-state index in [0.29, 0.717) is 6.42 Å². The lowest BCUT2D eigenvalue weighted by atomic mass is 9.85. The summed E-state index contributed by atoms with van der Waals surface area (Å²) in [6.07, 6.45) is 1.60. The molecule has 3 fully saturated rings. The van der Waals surface area contributed by atoms with Gasteiger partial charge in [-0.3, -0.25) is 4.79 Å². The summed E-state index contributed by atoms with van der Waals surface area (Å²) in [5.74, 6) is -1.69. The molecule has 36 heavy (non-hydrogen) atoms. The molecule has 0 aromatic heterocycles. The molecule has 7 heteroatoms. The van der Waals surface area contributed by atoms with Crippen molar-refractivity contribution in [2.24, 2.45) is 23.2 Å². The fourth-order valence-corrected chi connectivity index (χ4v) is 5.99. The summed E-state index contributed by atoms with van der Waals surface area (Å²) in [6.45, 7) is 5.58. The Bertz CT molecular complexity index is 1140. The van der Waals surface area contributed by atoms with Crippen molar-refractivity contribution in [1.29, 1.82) is 0 Å². The van der Waals surface area contributed by atoms with Crippen molar-refractivity contribution in [3.8, 4) is 0 Å². The molecule has 0 unspecified atom stereocenters. The molecule has 0 radical (unpaired) electrons. The fraction of sp³-hybridized carbons (Fsp3) is 0.483. The number of nitrogens with one attached hydrogen (secondary N) is 1. The smallest absolute Gasteiger partial charge is 0.408 e. The number of esters is 2. The number of carbonyl (C=O) groups is 3. The molecule has 190 valence electrons. The van der Waals surface area contributed by atoms with E-state index in [4.69, 9.17) is 14.2 Å². The van der Waals surface area contributed by atoms with Gasteiger partial charge in [-0.1, -0.05) is 60.7 Å². The Hall–Kier alpha value is -3.35. The molecular formula is C29H33NO6. The van der Waals surface area contributed by atoms with E-state index in [1.165, 1.54) is 0 Å². The molecule has 0 heterocycles. The van der Waals surface area contributed by atoms with Crippen LogP contribution in [0.25, 0.3) is 0 Å². The molecule has 2 aromatic rings. The molecule has 3 aliphatic rings. The number of amides is 1. The predicted octanol–water partition coefficient (Wildman–Crippen LogP) is 4.78. The van der Waals surface area contributed by atoms with Gasteiger partial charge in [0.2, 0.25) is 0 Å². The van der Waals surface area contributed by atoms with Gasteiger partial charge < -0.3 is 19.5 Å². The zero-order chi connectivity index (χ0) is 25.6. The lowest BCUT2D eigenvalue weighted by molar-refractivity contribution is -0.156. The van der Waals surface area contributed by atoms with Gasteiger partial charge in [0.1, 0.15) is 24.4 Å². The highest BCUT2D eigenvalue weighted by Crippen LogP contribution is 2.79. The second kappa shape index (κ2) is 8.95. The fourth-order valence-electron chi connectivity index (χ4n) is 5.99. The van der Waals surface area contributed by atoms with E-state index in [0.717, 1.165) is 24.0 Å². The monoisotopic (exact) mass is 491 g/mol. The molecule has 4 atom stereocenters. The van der Waals surface area contributed by atoms with E-state index < -0.39 is 29.1 Å².